The summed E-state index contributed by atoms with van der Waals surface area (Å²) in [6.07, 6.45) is 0.986. The molecule has 2 aromatic carbocycles. The largest absolute Gasteiger partial charge is 0.493 e. The Balaban J connectivity index is 1.57. The lowest BCUT2D eigenvalue weighted by atomic mass is 10.1. The number of aromatic nitrogens is 1. The highest BCUT2D eigenvalue weighted by Crippen LogP contribution is 2.33. The van der Waals surface area contributed by atoms with Crippen LogP contribution in [0.1, 0.15) is 17.7 Å². The average molecular weight is 352 g/mol. The quantitative estimate of drug-likeness (QED) is 0.724. The molecule has 1 aliphatic heterocycles. The van der Waals surface area contributed by atoms with Gasteiger partial charge in [-0.1, -0.05) is 29.4 Å². The fourth-order valence-corrected chi connectivity index (χ4v) is 3.26. The zero-order chi connectivity index (χ0) is 17.9. The van der Waals surface area contributed by atoms with Crippen LogP contribution in [0.2, 0.25) is 0 Å². The van der Waals surface area contributed by atoms with Gasteiger partial charge in [0.05, 0.1) is 20.1 Å². The fraction of sp³-hybridized carbons (Fsp3) is 0.300. The maximum absolute atomic E-state index is 12.9. The maximum Gasteiger partial charge on any atom is 0.229 e. The van der Waals surface area contributed by atoms with Gasteiger partial charge in [0.1, 0.15) is 5.69 Å². The minimum absolute atomic E-state index is 0.0275. The van der Waals surface area contributed by atoms with E-state index in [1.165, 1.54) is 0 Å². The van der Waals surface area contributed by atoms with E-state index in [1.807, 2.05) is 47.4 Å². The van der Waals surface area contributed by atoms with Crippen LogP contribution in [0.15, 0.2) is 47.0 Å². The lowest BCUT2D eigenvalue weighted by Gasteiger charge is -2.27. The van der Waals surface area contributed by atoms with Crippen LogP contribution in [0.25, 0.3) is 11.0 Å². The first-order valence-electron chi connectivity index (χ1n) is 8.66. The third-order valence-electron chi connectivity index (χ3n) is 4.58. The molecule has 0 spiro atoms. The first-order valence-corrected chi connectivity index (χ1v) is 8.66. The molecule has 3 aromatic rings. The molecule has 0 saturated carbocycles. The van der Waals surface area contributed by atoms with Gasteiger partial charge in [-0.15, -0.1) is 0 Å². The Morgan fingerprint density at radius 1 is 1.23 bits per heavy atom. The minimum atomic E-state index is 0.0275. The summed E-state index contributed by atoms with van der Waals surface area (Å²) in [7, 11) is 1.62. The summed E-state index contributed by atoms with van der Waals surface area (Å²) in [5.74, 6) is 1.44. The molecule has 0 aliphatic carbocycles. The standard InChI is InChI=1S/C20H20N2O4/c1-24-18-9-4-6-14-13-22(10-5-11-25-20(14)18)19(23)12-16-15-7-2-3-8-17(15)26-21-16/h2-4,6-9H,5,10-13H2,1H3. The van der Waals surface area contributed by atoms with Crippen molar-refractivity contribution < 1.29 is 18.8 Å². The van der Waals surface area contributed by atoms with E-state index in [4.69, 9.17) is 14.0 Å². The van der Waals surface area contributed by atoms with Crippen LogP contribution in [0.5, 0.6) is 11.5 Å². The molecular formula is C20H20N2O4. The van der Waals surface area contributed by atoms with E-state index >= 15 is 0 Å². The van der Waals surface area contributed by atoms with Gasteiger partial charge in [-0.2, -0.15) is 0 Å². The van der Waals surface area contributed by atoms with Crippen LogP contribution < -0.4 is 9.47 Å². The summed E-state index contributed by atoms with van der Waals surface area (Å²) in [5, 5.41) is 4.96. The van der Waals surface area contributed by atoms with Gasteiger partial charge in [0, 0.05) is 24.0 Å². The smallest absolute Gasteiger partial charge is 0.229 e. The normalized spacial score (nSPS) is 14.3. The monoisotopic (exact) mass is 352 g/mol. The molecule has 2 heterocycles. The molecule has 0 saturated heterocycles. The number of methoxy groups -OCH3 is 1. The van der Waals surface area contributed by atoms with Gasteiger partial charge in [0.25, 0.3) is 0 Å². The predicted molar refractivity (Wildman–Crippen MR) is 96.2 cm³/mol. The lowest BCUT2D eigenvalue weighted by Crippen LogP contribution is -2.35. The highest BCUT2D eigenvalue weighted by molar-refractivity contribution is 5.86. The number of carbonyl (C=O) groups excluding carboxylic acids is 1. The Labute approximate surface area is 151 Å². The van der Waals surface area contributed by atoms with E-state index in [0.29, 0.717) is 36.7 Å². The molecule has 26 heavy (non-hydrogen) atoms. The molecule has 4 rings (SSSR count). The summed E-state index contributed by atoms with van der Waals surface area (Å²) >= 11 is 0. The highest BCUT2D eigenvalue weighted by Gasteiger charge is 2.22. The number of amides is 1. The van der Waals surface area contributed by atoms with Crippen molar-refractivity contribution in [2.24, 2.45) is 0 Å². The molecule has 0 unspecified atom stereocenters. The summed E-state index contributed by atoms with van der Waals surface area (Å²) in [6, 6.07) is 13.3. The molecule has 6 heteroatoms. The van der Waals surface area contributed by atoms with Crippen LogP contribution in [0.4, 0.5) is 0 Å². The average Bonchev–Trinajstić information content (AvgIpc) is 3.05. The Morgan fingerprint density at radius 2 is 2.12 bits per heavy atom. The molecule has 0 N–H and O–H groups in total. The van der Waals surface area contributed by atoms with Gasteiger partial charge in [0.2, 0.25) is 5.91 Å². The Bertz CT molecular complexity index is 934. The Hall–Kier alpha value is -3.02. The van der Waals surface area contributed by atoms with Gasteiger partial charge in [0.15, 0.2) is 17.1 Å². The van der Waals surface area contributed by atoms with Crippen molar-refractivity contribution in [3.63, 3.8) is 0 Å². The first kappa shape index (κ1) is 16.4. The van der Waals surface area contributed by atoms with Crippen molar-refractivity contribution >= 4 is 16.9 Å². The third-order valence-corrected chi connectivity index (χ3v) is 4.58. The second-order valence-corrected chi connectivity index (χ2v) is 6.27. The van der Waals surface area contributed by atoms with Crippen molar-refractivity contribution in [3.8, 4) is 11.5 Å². The number of fused-ring (bicyclic) bond motifs is 2. The number of para-hydroxylation sites is 2. The van der Waals surface area contributed by atoms with Gasteiger partial charge in [-0.3, -0.25) is 4.79 Å². The zero-order valence-corrected chi connectivity index (χ0v) is 14.6. The van der Waals surface area contributed by atoms with Crippen LogP contribution >= 0.6 is 0 Å². The van der Waals surface area contributed by atoms with Crippen molar-refractivity contribution in [2.75, 3.05) is 20.3 Å². The Kier molecular flexibility index (Phi) is 4.48. The van der Waals surface area contributed by atoms with E-state index in [0.717, 1.165) is 23.1 Å². The molecule has 6 nitrogen and oxygen atoms in total. The van der Waals surface area contributed by atoms with Gasteiger partial charge in [-0.05, 0) is 24.6 Å². The number of nitrogens with zero attached hydrogens (tertiary/aromatic N) is 2. The maximum atomic E-state index is 12.9. The molecule has 1 aliphatic rings. The van der Waals surface area contributed by atoms with Crippen LogP contribution in [-0.2, 0) is 17.8 Å². The number of rotatable bonds is 3. The van der Waals surface area contributed by atoms with Gasteiger partial charge < -0.3 is 18.9 Å². The summed E-state index contributed by atoms with van der Waals surface area (Å²) in [6.45, 7) is 1.68. The van der Waals surface area contributed by atoms with Crippen LogP contribution in [-0.4, -0.2) is 36.2 Å². The van der Waals surface area contributed by atoms with E-state index in [-0.39, 0.29) is 12.3 Å². The Morgan fingerprint density at radius 3 is 3.00 bits per heavy atom. The molecule has 0 bridgehead atoms. The van der Waals surface area contributed by atoms with Gasteiger partial charge in [-0.25, -0.2) is 0 Å². The number of carbonyl (C=O) groups is 1. The molecular weight excluding hydrogens is 332 g/mol. The topological polar surface area (TPSA) is 64.8 Å². The summed E-state index contributed by atoms with van der Waals surface area (Å²) < 4.78 is 16.6. The molecule has 0 radical (unpaired) electrons. The minimum Gasteiger partial charge on any atom is -0.493 e. The van der Waals surface area contributed by atoms with Crippen LogP contribution in [0.3, 0.4) is 0 Å². The lowest BCUT2D eigenvalue weighted by molar-refractivity contribution is -0.131. The highest BCUT2D eigenvalue weighted by atomic mass is 16.5. The number of hydrogen-bond donors (Lipinski definition) is 0. The number of ether oxygens (including phenoxy) is 2. The number of benzene rings is 2. The van der Waals surface area contributed by atoms with E-state index in [1.54, 1.807) is 7.11 Å². The zero-order valence-electron chi connectivity index (χ0n) is 14.6. The van der Waals surface area contributed by atoms with E-state index < -0.39 is 0 Å². The van der Waals surface area contributed by atoms with Crippen molar-refractivity contribution in [1.82, 2.24) is 10.1 Å². The summed E-state index contributed by atoms with van der Waals surface area (Å²) in [5.41, 5.74) is 2.32. The fourth-order valence-electron chi connectivity index (χ4n) is 3.26. The van der Waals surface area contributed by atoms with Gasteiger partial charge >= 0.3 is 0 Å². The van der Waals surface area contributed by atoms with Crippen molar-refractivity contribution in [3.05, 3.63) is 53.7 Å². The van der Waals surface area contributed by atoms with Crippen LogP contribution in [0, 0.1) is 0 Å². The SMILES string of the molecule is COc1cccc2c1OCCCN(C(=O)Cc1noc3ccccc13)C2. The molecule has 0 atom stereocenters. The predicted octanol–water partition coefficient (Wildman–Crippen LogP) is 3.19. The third kappa shape index (κ3) is 3.10. The van der Waals surface area contributed by atoms with Crippen molar-refractivity contribution in [2.45, 2.75) is 19.4 Å². The van der Waals surface area contributed by atoms with E-state index in [2.05, 4.69) is 5.16 Å². The second-order valence-electron chi connectivity index (χ2n) is 6.27. The molecule has 1 amide bonds. The molecule has 134 valence electrons. The van der Waals surface area contributed by atoms with Crippen molar-refractivity contribution in [1.29, 1.82) is 0 Å². The molecule has 1 aromatic heterocycles. The second kappa shape index (κ2) is 7.07. The summed E-state index contributed by atoms with van der Waals surface area (Å²) in [4.78, 5) is 14.8. The van der Waals surface area contributed by atoms with E-state index in [9.17, 15) is 4.79 Å². The molecule has 0 fully saturated rings. The first-order chi connectivity index (χ1) is 12.8. The number of hydrogen-bond acceptors (Lipinski definition) is 5.